The van der Waals surface area contributed by atoms with Crippen LogP contribution >= 0.6 is 12.2 Å². The fourth-order valence-electron chi connectivity index (χ4n) is 3.77. The number of nitrogens with zero attached hydrogens (tertiary/aromatic N) is 1. The first-order valence-corrected chi connectivity index (χ1v) is 10.9. The Morgan fingerprint density at radius 1 is 1.26 bits per heavy atom. The molecule has 2 heterocycles. The van der Waals surface area contributed by atoms with Gasteiger partial charge in [-0.25, -0.2) is 0 Å². The first kappa shape index (κ1) is 21.3. The Morgan fingerprint density at radius 3 is 2.77 bits per heavy atom. The summed E-state index contributed by atoms with van der Waals surface area (Å²) in [7, 11) is 1.61. The van der Waals surface area contributed by atoms with Gasteiger partial charge in [-0.2, -0.15) is 0 Å². The van der Waals surface area contributed by atoms with Gasteiger partial charge in [0.2, 0.25) is 0 Å². The number of pyridine rings is 1. The molecule has 1 fully saturated rings. The van der Waals surface area contributed by atoms with E-state index >= 15 is 0 Å². The van der Waals surface area contributed by atoms with Crippen LogP contribution in [0.15, 0.2) is 53.3 Å². The Bertz CT molecular complexity index is 1120. The number of benzene rings is 2. The number of aryl methyl sites for hydroxylation is 1. The van der Waals surface area contributed by atoms with E-state index in [0.717, 1.165) is 36.0 Å². The van der Waals surface area contributed by atoms with Crippen LogP contribution in [0.4, 0.5) is 5.69 Å². The number of aromatic nitrogens is 1. The van der Waals surface area contributed by atoms with Gasteiger partial charge in [0.1, 0.15) is 5.75 Å². The number of ether oxygens (including phenoxy) is 2. The van der Waals surface area contributed by atoms with Crippen molar-refractivity contribution >= 4 is 33.9 Å². The quantitative estimate of drug-likeness (QED) is 0.563. The molecule has 4 rings (SSSR count). The fraction of sp³-hybridized carbons (Fsp3) is 0.333. The summed E-state index contributed by atoms with van der Waals surface area (Å²) in [4.78, 5) is 17.8. The van der Waals surface area contributed by atoms with E-state index in [2.05, 4.69) is 10.3 Å². The molecule has 0 aliphatic carbocycles. The van der Waals surface area contributed by atoms with Crippen LogP contribution in [-0.2, 0) is 11.3 Å². The number of fused-ring (bicyclic) bond motifs is 1. The molecule has 6 nitrogen and oxygen atoms in total. The van der Waals surface area contributed by atoms with Crippen LogP contribution < -0.4 is 15.6 Å². The van der Waals surface area contributed by atoms with E-state index < -0.39 is 0 Å². The van der Waals surface area contributed by atoms with Crippen LogP contribution in [0.5, 0.6) is 5.75 Å². The van der Waals surface area contributed by atoms with Gasteiger partial charge in [0, 0.05) is 30.5 Å². The van der Waals surface area contributed by atoms with Crippen LogP contribution in [0, 0.1) is 6.92 Å². The number of methoxy groups -OCH3 is 1. The molecule has 1 aliphatic rings. The van der Waals surface area contributed by atoms with Crippen molar-refractivity contribution in [2.45, 2.75) is 32.4 Å². The average Bonchev–Trinajstić information content (AvgIpc) is 3.28. The Labute approximate surface area is 187 Å². The second kappa shape index (κ2) is 9.49. The maximum atomic E-state index is 12.8. The molecule has 3 aromatic rings. The van der Waals surface area contributed by atoms with Gasteiger partial charge in [0.15, 0.2) is 5.11 Å². The predicted molar refractivity (Wildman–Crippen MR) is 128 cm³/mol. The van der Waals surface area contributed by atoms with Crippen molar-refractivity contribution in [1.29, 1.82) is 0 Å². The van der Waals surface area contributed by atoms with Crippen molar-refractivity contribution < 1.29 is 9.47 Å². The zero-order valence-corrected chi connectivity index (χ0v) is 18.6. The standard InChI is InChI=1S/C24H27N3O3S/c1-16-5-8-19(9-6-16)25-24(31)27(15-21-4-3-11-30-21)14-18-12-17-7-10-20(29-2)13-22(17)26-23(18)28/h5-10,12-13,21H,3-4,11,14-15H2,1-2H3,(H,25,31)(H,26,28). The summed E-state index contributed by atoms with van der Waals surface area (Å²) < 4.78 is 11.1. The Hall–Kier alpha value is -2.90. The minimum absolute atomic E-state index is 0.113. The second-order valence-electron chi connectivity index (χ2n) is 7.89. The highest BCUT2D eigenvalue weighted by Crippen LogP contribution is 2.20. The monoisotopic (exact) mass is 437 g/mol. The second-order valence-corrected chi connectivity index (χ2v) is 8.28. The summed E-state index contributed by atoms with van der Waals surface area (Å²) in [5.74, 6) is 0.708. The van der Waals surface area contributed by atoms with Crippen LogP contribution in [0.25, 0.3) is 10.9 Å². The van der Waals surface area contributed by atoms with Gasteiger partial charge in [0.25, 0.3) is 5.56 Å². The molecule has 1 unspecified atom stereocenters. The third-order valence-corrected chi connectivity index (χ3v) is 5.89. The molecule has 2 aromatic carbocycles. The molecule has 0 bridgehead atoms. The van der Waals surface area contributed by atoms with Crippen LogP contribution in [0.3, 0.4) is 0 Å². The first-order chi connectivity index (χ1) is 15.0. The molecule has 1 aliphatic heterocycles. The fourth-order valence-corrected chi connectivity index (χ4v) is 4.03. The lowest BCUT2D eigenvalue weighted by Gasteiger charge is -2.28. The SMILES string of the molecule is COc1ccc2cc(CN(CC3CCCO3)C(=S)Nc3ccc(C)cc3)c(=O)[nH]c2c1. The first-order valence-electron chi connectivity index (χ1n) is 10.5. The molecule has 2 N–H and O–H groups in total. The summed E-state index contributed by atoms with van der Waals surface area (Å²) in [6.45, 7) is 3.86. The highest BCUT2D eigenvalue weighted by Gasteiger charge is 2.22. The maximum Gasteiger partial charge on any atom is 0.253 e. The number of rotatable bonds is 6. The van der Waals surface area contributed by atoms with Gasteiger partial charge in [0.05, 0.1) is 25.3 Å². The lowest BCUT2D eigenvalue weighted by atomic mass is 10.1. The Morgan fingerprint density at radius 2 is 2.06 bits per heavy atom. The zero-order valence-electron chi connectivity index (χ0n) is 17.8. The number of nitrogens with one attached hydrogen (secondary N) is 2. The molecule has 7 heteroatoms. The summed E-state index contributed by atoms with van der Waals surface area (Å²) in [6, 6.07) is 15.7. The van der Waals surface area contributed by atoms with Crippen molar-refractivity contribution in [3.05, 3.63) is 70.0 Å². The summed E-state index contributed by atoms with van der Waals surface area (Å²) in [5, 5.41) is 4.83. The van der Waals surface area contributed by atoms with Crippen molar-refractivity contribution in [1.82, 2.24) is 9.88 Å². The Balaban J connectivity index is 1.58. The highest BCUT2D eigenvalue weighted by molar-refractivity contribution is 7.80. The summed E-state index contributed by atoms with van der Waals surface area (Å²) in [6.07, 6.45) is 2.16. The van der Waals surface area contributed by atoms with Gasteiger partial charge in [-0.05, 0) is 67.7 Å². The normalized spacial score (nSPS) is 15.7. The Kier molecular flexibility index (Phi) is 6.53. The molecule has 31 heavy (non-hydrogen) atoms. The lowest BCUT2D eigenvalue weighted by molar-refractivity contribution is 0.0904. The highest BCUT2D eigenvalue weighted by atomic mass is 32.1. The van der Waals surface area contributed by atoms with Crippen LogP contribution in [-0.4, -0.2) is 41.4 Å². The van der Waals surface area contributed by atoms with E-state index in [1.165, 1.54) is 5.56 Å². The molecule has 162 valence electrons. The summed E-state index contributed by atoms with van der Waals surface area (Å²) in [5.41, 5.74) is 3.39. The minimum Gasteiger partial charge on any atom is -0.497 e. The van der Waals surface area contributed by atoms with E-state index in [1.807, 2.05) is 60.4 Å². The average molecular weight is 438 g/mol. The smallest absolute Gasteiger partial charge is 0.253 e. The molecule has 0 radical (unpaired) electrons. The predicted octanol–water partition coefficient (Wildman–Crippen LogP) is 4.22. The van der Waals surface area contributed by atoms with Crippen molar-refractivity contribution in [3.8, 4) is 5.75 Å². The molecule has 1 aromatic heterocycles. The number of aromatic amines is 1. The van der Waals surface area contributed by atoms with Gasteiger partial charge in [-0.1, -0.05) is 17.7 Å². The van der Waals surface area contributed by atoms with E-state index in [-0.39, 0.29) is 11.7 Å². The van der Waals surface area contributed by atoms with Crippen molar-refractivity contribution in [2.75, 3.05) is 25.6 Å². The number of thiocarbonyl (C=S) groups is 1. The molecule has 1 atom stereocenters. The van der Waals surface area contributed by atoms with E-state index in [0.29, 0.717) is 29.5 Å². The van der Waals surface area contributed by atoms with E-state index in [1.54, 1.807) is 7.11 Å². The maximum absolute atomic E-state index is 12.8. The molecule has 1 saturated heterocycles. The third-order valence-electron chi connectivity index (χ3n) is 5.53. The number of hydrogen-bond acceptors (Lipinski definition) is 4. The minimum atomic E-state index is -0.128. The molecule has 0 saturated carbocycles. The van der Waals surface area contributed by atoms with E-state index in [9.17, 15) is 4.79 Å². The third kappa shape index (κ3) is 5.24. The number of H-pyrrole nitrogens is 1. The van der Waals surface area contributed by atoms with E-state index in [4.69, 9.17) is 21.7 Å². The van der Waals surface area contributed by atoms with Crippen molar-refractivity contribution in [3.63, 3.8) is 0 Å². The lowest BCUT2D eigenvalue weighted by Crippen LogP contribution is -2.40. The van der Waals surface area contributed by atoms with Gasteiger partial charge in [-0.3, -0.25) is 4.79 Å². The topological polar surface area (TPSA) is 66.6 Å². The van der Waals surface area contributed by atoms with Crippen LogP contribution in [0.2, 0.25) is 0 Å². The molecule has 0 spiro atoms. The molecule has 0 amide bonds. The number of anilines is 1. The van der Waals surface area contributed by atoms with Gasteiger partial charge in [-0.15, -0.1) is 0 Å². The van der Waals surface area contributed by atoms with Crippen LogP contribution in [0.1, 0.15) is 24.0 Å². The molecular formula is C24H27N3O3S. The largest absolute Gasteiger partial charge is 0.497 e. The molecular weight excluding hydrogens is 410 g/mol. The van der Waals surface area contributed by atoms with Crippen molar-refractivity contribution in [2.24, 2.45) is 0 Å². The zero-order chi connectivity index (χ0) is 21.8. The van der Waals surface area contributed by atoms with Gasteiger partial charge >= 0.3 is 0 Å². The summed E-state index contributed by atoms with van der Waals surface area (Å²) >= 11 is 5.73. The van der Waals surface area contributed by atoms with Gasteiger partial charge < -0.3 is 24.7 Å². The number of hydrogen-bond donors (Lipinski definition) is 2.